The van der Waals surface area contributed by atoms with Crippen LogP contribution in [0.3, 0.4) is 0 Å². The third-order valence-electron chi connectivity index (χ3n) is 2.50. The molecule has 4 heteroatoms. The van der Waals surface area contributed by atoms with Gasteiger partial charge in [-0.3, -0.25) is 0 Å². The van der Waals surface area contributed by atoms with Gasteiger partial charge in [0.1, 0.15) is 5.54 Å². The highest BCUT2D eigenvalue weighted by Gasteiger charge is 2.47. The molecule has 4 nitrogen and oxygen atoms in total. The van der Waals surface area contributed by atoms with Gasteiger partial charge in [-0.2, -0.15) is 5.06 Å². The summed E-state index contributed by atoms with van der Waals surface area (Å²) in [6, 6.07) is 0. The first kappa shape index (κ1) is 10.2. The van der Waals surface area contributed by atoms with Crippen LogP contribution in [0.1, 0.15) is 19.3 Å². The molecule has 0 aromatic rings. The molecule has 1 heterocycles. The average Bonchev–Trinajstić information content (AvgIpc) is 2.48. The van der Waals surface area contributed by atoms with Gasteiger partial charge in [-0.15, -0.1) is 6.58 Å². The lowest BCUT2D eigenvalue weighted by molar-refractivity contribution is -0.186. The predicted molar refractivity (Wildman–Crippen MR) is 47.3 cm³/mol. The van der Waals surface area contributed by atoms with Crippen LogP contribution in [-0.2, 0) is 9.53 Å². The molecule has 1 N–H and O–H groups in total. The van der Waals surface area contributed by atoms with Crippen LogP contribution in [0, 0.1) is 0 Å². The second kappa shape index (κ2) is 3.89. The minimum Gasteiger partial charge on any atom is -0.468 e. The zero-order valence-electron chi connectivity index (χ0n) is 7.82. The molecule has 1 saturated heterocycles. The number of carbonyl (C=O) groups is 1. The number of carbonyl (C=O) groups excluding carboxylic acids is 1. The average molecular weight is 185 g/mol. The summed E-state index contributed by atoms with van der Waals surface area (Å²) in [7, 11) is 1.33. The molecule has 0 radical (unpaired) electrons. The normalized spacial score (nSPS) is 28.8. The van der Waals surface area contributed by atoms with Crippen LogP contribution in [0.15, 0.2) is 12.7 Å². The number of hydrogen-bond donors (Lipinski definition) is 1. The molecular formula is C9H15NO3. The van der Waals surface area contributed by atoms with E-state index in [1.807, 2.05) is 0 Å². The van der Waals surface area contributed by atoms with Crippen molar-refractivity contribution in [3.63, 3.8) is 0 Å². The summed E-state index contributed by atoms with van der Waals surface area (Å²) >= 11 is 0. The van der Waals surface area contributed by atoms with Crippen molar-refractivity contribution in [3.05, 3.63) is 12.7 Å². The summed E-state index contributed by atoms with van der Waals surface area (Å²) in [5.74, 6) is -0.382. The van der Waals surface area contributed by atoms with Crippen LogP contribution < -0.4 is 0 Å². The molecule has 0 amide bonds. The lowest BCUT2D eigenvalue weighted by Gasteiger charge is -2.30. The Bertz CT molecular complexity index is 217. The summed E-state index contributed by atoms with van der Waals surface area (Å²) in [6.45, 7) is 4.09. The molecule has 0 bridgehead atoms. The molecule has 1 atom stereocenters. The monoisotopic (exact) mass is 185 g/mol. The van der Waals surface area contributed by atoms with Gasteiger partial charge in [0, 0.05) is 6.54 Å². The standard InChI is InChI=1S/C9H15NO3/c1-3-5-9(8(11)13-2)6-4-7-10(9)12/h3,12H,1,4-7H2,2H3/t9-/m1/s1. The number of ether oxygens (including phenoxy) is 1. The molecule has 0 aliphatic carbocycles. The van der Waals surface area contributed by atoms with E-state index in [-0.39, 0.29) is 5.97 Å². The maximum atomic E-state index is 11.5. The topological polar surface area (TPSA) is 49.8 Å². The lowest BCUT2D eigenvalue weighted by Crippen LogP contribution is -2.49. The van der Waals surface area contributed by atoms with Gasteiger partial charge in [0.15, 0.2) is 0 Å². The Morgan fingerprint density at radius 1 is 1.85 bits per heavy atom. The van der Waals surface area contributed by atoms with Crippen molar-refractivity contribution < 1.29 is 14.7 Å². The Hall–Kier alpha value is -0.870. The SMILES string of the molecule is C=CC[C@]1(C(=O)OC)CCCN1O. The minimum absolute atomic E-state index is 0.382. The Labute approximate surface area is 77.7 Å². The summed E-state index contributed by atoms with van der Waals surface area (Å²) in [5, 5.41) is 10.6. The van der Waals surface area contributed by atoms with Crippen LogP contribution in [0.5, 0.6) is 0 Å². The number of hydroxylamine groups is 2. The van der Waals surface area contributed by atoms with Crippen molar-refractivity contribution in [1.29, 1.82) is 0 Å². The quantitative estimate of drug-likeness (QED) is 0.525. The van der Waals surface area contributed by atoms with E-state index >= 15 is 0 Å². The van der Waals surface area contributed by atoms with E-state index in [0.29, 0.717) is 19.4 Å². The Morgan fingerprint density at radius 2 is 2.54 bits per heavy atom. The third kappa shape index (κ3) is 1.59. The highest BCUT2D eigenvalue weighted by molar-refractivity contribution is 5.81. The molecule has 0 spiro atoms. The largest absolute Gasteiger partial charge is 0.468 e. The van der Waals surface area contributed by atoms with Crippen molar-refractivity contribution in [1.82, 2.24) is 5.06 Å². The molecule has 1 fully saturated rings. The fourth-order valence-corrected chi connectivity index (χ4v) is 1.79. The van der Waals surface area contributed by atoms with Crippen molar-refractivity contribution in [2.45, 2.75) is 24.8 Å². The van der Waals surface area contributed by atoms with Crippen molar-refractivity contribution in [2.24, 2.45) is 0 Å². The molecule has 1 rings (SSSR count). The Morgan fingerprint density at radius 3 is 2.92 bits per heavy atom. The van der Waals surface area contributed by atoms with E-state index in [4.69, 9.17) is 0 Å². The second-order valence-corrected chi connectivity index (χ2v) is 3.24. The van der Waals surface area contributed by atoms with E-state index in [0.717, 1.165) is 11.5 Å². The van der Waals surface area contributed by atoms with E-state index in [1.54, 1.807) is 6.08 Å². The number of methoxy groups -OCH3 is 1. The highest BCUT2D eigenvalue weighted by atomic mass is 16.5. The van der Waals surface area contributed by atoms with Crippen LogP contribution in [0.2, 0.25) is 0 Å². The third-order valence-corrected chi connectivity index (χ3v) is 2.50. The van der Waals surface area contributed by atoms with Crippen molar-refractivity contribution in [2.75, 3.05) is 13.7 Å². The van der Waals surface area contributed by atoms with Gasteiger partial charge in [-0.1, -0.05) is 6.08 Å². The minimum atomic E-state index is -0.878. The van der Waals surface area contributed by atoms with Crippen molar-refractivity contribution in [3.8, 4) is 0 Å². The van der Waals surface area contributed by atoms with Crippen molar-refractivity contribution >= 4 is 5.97 Å². The summed E-state index contributed by atoms with van der Waals surface area (Å²) in [5.41, 5.74) is -0.878. The molecule has 0 unspecified atom stereocenters. The van der Waals surface area contributed by atoms with E-state index in [9.17, 15) is 10.0 Å². The first-order valence-electron chi connectivity index (χ1n) is 4.33. The van der Waals surface area contributed by atoms with Gasteiger partial charge in [-0.25, -0.2) is 4.79 Å². The van der Waals surface area contributed by atoms with Crippen LogP contribution >= 0.6 is 0 Å². The smallest absolute Gasteiger partial charge is 0.328 e. The van der Waals surface area contributed by atoms with E-state index < -0.39 is 5.54 Å². The highest BCUT2D eigenvalue weighted by Crippen LogP contribution is 2.32. The van der Waals surface area contributed by atoms with Crippen LogP contribution in [0.4, 0.5) is 0 Å². The molecule has 0 aromatic heterocycles. The fourth-order valence-electron chi connectivity index (χ4n) is 1.79. The molecular weight excluding hydrogens is 170 g/mol. The van der Waals surface area contributed by atoms with Gasteiger partial charge < -0.3 is 9.94 Å². The number of nitrogens with zero attached hydrogens (tertiary/aromatic N) is 1. The molecule has 74 valence electrons. The first-order chi connectivity index (χ1) is 6.17. The summed E-state index contributed by atoms with van der Waals surface area (Å²) in [4.78, 5) is 11.5. The van der Waals surface area contributed by atoms with Gasteiger partial charge >= 0.3 is 5.97 Å². The first-order valence-corrected chi connectivity index (χ1v) is 4.33. The Kier molecular flexibility index (Phi) is 3.06. The zero-order valence-corrected chi connectivity index (χ0v) is 7.82. The van der Waals surface area contributed by atoms with Crippen LogP contribution in [0.25, 0.3) is 0 Å². The maximum absolute atomic E-state index is 11.5. The molecule has 0 aromatic carbocycles. The molecule has 13 heavy (non-hydrogen) atoms. The van der Waals surface area contributed by atoms with E-state index in [2.05, 4.69) is 11.3 Å². The maximum Gasteiger partial charge on any atom is 0.328 e. The number of hydrogen-bond acceptors (Lipinski definition) is 4. The number of rotatable bonds is 3. The molecule has 1 aliphatic heterocycles. The zero-order chi connectivity index (χ0) is 9.90. The van der Waals surface area contributed by atoms with E-state index in [1.165, 1.54) is 7.11 Å². The second-order valence-electron chi connectivity index (χ2n) is 3.24. The lowest BCUT2D eigenvalue weighted by atomic mass is 9.93. The molecule has 1 aliphatic rings. The fraction of sp³-hybridized carbons (Fsp3) is 0.667. The predicted octanol–water partition coefficient (Wildman–Crippen LogP) is 0.959. The Balaban J connectivity index is 2.85. The molecule has 0 saturated carbocycles. The van der Waals surface area contributed by atoms with Crippen LogP contribution in [-0.4, -0.2) is 35.4 Å². The summed E-state index contributed by atoms with van der Waals surface area (Å²) in [6.07, 6.45) is 3.49. The number of esters is 1. The van der Waals surface area contributed by atoms with Gasteiger partial charge in [-0.05, 0) is 19.3 Å². The van der Waals surface area contributed by atoms with Gasteiger partial charge in [0.25, 0.3) is 0 Å². The summed E-state index contributed by atoms with van der Waals surface area (Å²) < 4.78 is 4.67. The van der Waals surface area contributed by atoms with Gasteiger partial charge in [0.05, 0.1) is 7.11 Å². The van der Waals surface area contributed by atoms with Gasteiger partial charge in [0.2, 0.25) is 0 Å².